The molecule has 17 heavy (non-hydrogen) atoms. The van der Waals surface area contributed by atoms with Crippen LogP contribution in [0.4, 0.5) is 5.69 Å². The van der Waals surface area contributed by atoms with Crippen LogP contribution in [0, 0.1) is 5.92 Å². The lowest BCUT2D eigenvalue weighted by Crippen LogP contribution is -2.28. The largest absolute Gasteiger partial charge is 0.481 e. The molecular weight excluding hydrogens is 214 g/mol. The van der Waals surface area contributed by atoms with Gasteiger partial charge < -0.3 is 10.0 Å². The molecule has 0 bridgehead atoms. The molecule has 0 heterocycles. The minimum Gasteiger partial charge on any atom is -0.481 e. The SMILES string of the molecule is CCCc1ccc(N(C)CC(C)C(=O)O)cc1. The molecule has 0 saturated carbocycles. The summed E-state index contributed by atoms with van der Waals surface area (Å²) in [5, 5.41) is 8.87. The molecule has 1 aromatic carbocycles. The Labute approximate surface area is 103 Å². The second-order valence-corrected chi connectivity index (χ2v) is 4.54. The van der Waals surface area contributed by atoms with Crippen LogP contribution in [0.1, 0.15) is 25.8 Å². The van der Waals surface area contributed by atoms with Gasteiger partial charge in [0.2, 0.25) is 0 Å². The first-order valence-corrected chi connectivity index (χ1v) is 6.07. The van der Waals surface area contributed by atoms with Crippen molar-refractivity contribution in [3.05, 3.63) is 29.8 Å². The van der Waals surface area contributed by atoms with Crippen molar-refractivity contribution in [3.8, 4) is 0 Å². The van der Waals surface area contributed by atoms with Crippen molar-refractivity contribution in [2.45, 2.75) is 26.7 Å². The van der Waals surface area contributed by atoms with Gasteiger partial charge in [0.15, 0.2) is 0 Å². The summed E-state index contributed by atoms with van der Waals surface area (Å²) in [4.78, 5) is 12.8. The van der Waals surface area contributed by atoms with E-state index in [0.717, 1.165) is 18.5 Å². The first-order chi connectivity index (χ1) is 8.04. The molecule has 0 radical (unpaired) electrons. The first-order valence-electron chi connectivity index (χ1n) is 6.07. The van der Waals surface area contributed by atoms with Crippen molar-refractivity contribution in [2.75, 3.05) is 18.5 Å². The molecule has 3 nitrogen and oxygen atoms in total. The minimum atomic E-state index is -0.751. The number of carboxylic acid groups (broad SMARTS) is 1. The first kappa shape index (κ1) is 13.6. The lowest BCUT2D eigenvalue weighted by molar-refractivity contribution is -0.140. The van der Waals surface area contributed by atoms with Crippen molar-refractivity contribution < 1.29 is 9.90 Å². The Kier molecular flexibility index (Phi) is 5.01. The molecule has 0 spiro atoms. The second kappa shape index (κ2) is 6.28. The van der Waals surface area contributed by atoms with Crippen LogP contribution in [0.2, 0.25) is 0 Å². The molecule has 0 aromatic heterocycles. The van der Waals surface area contributed by atoms with Gasteiger partial charge in [0, 0.05) is 19.3 Å². The molecule has 1 unspecified atom stereocenters. The Hall–Kier alpha value is -1.51. The maximum atomic E-state index is 10.8. The van der Waals surface area contributed by atoms with Gasteiger partial charge in [-0.15, -0.1) is 0 Å². The molecule has 0 aliphatic heterocycles. The van der Waals surface area contributed by atoms with Crippen LogP contribution in [-0.4, -0.2) is 24.7 Å². The topological polar surface area (TPSA) is 40.5 Å². The van der Waals surface area contributed by atoms with Crippen LogP contribution in [0.3, 0.4) is 0 Å². The van der Waals surface area contributed by atoms with E-state index in [0.29, 0.717) is 6.54 Å². The Morgan fingerprint density at radius 2 is 1.94 bits per heavy atom. The van der Waals surface area contributed by atoms with Crippen molar-refractivity contribution >= 4 is 11.7 Å². The summed E-state index contributed by atoms with van der Waals surface area (Å²) in [7, 11) is 1.92. The quantitative estimate of drug-likeness (QED) is 0.824. The van der Waals surface area contributed by atoms with E-state index in [1.807, 2.05) is 11.9 Å². The van der Waals surface area contributed by atoms with Gasteiger partial charge in [0.1, 0.15) is 0 Å². The smallest absolute Gasteiger partial charge is 0.308 e. The normalized spacial score (nSPS) is 12.2. The number of rotatable bonds is 6. The van der Waals surface area contributed by atoms with E-state index in [9.17, 15) is 4.79 Å². The average molecular weight is 235 g/mol. The van der Waals surface area contributed by atoms with E-state index in [4.69, 9.17) is 5.11 Å². The van der Waals surface area contributed by atoms with E-state index in [2.05, 4.69) is 31.2 Å². The molecular formula is C14H21NO2. The van der Waals surface area contributed by atoms with Gasteiger partial charge in [0.05, 0.1) is 5.92 Å². The molecule has 0 aliphatic carbocycles. The zero-order valence-electron chi connectivity index (χ0n) is 10.8. The summed E-state index contributed by atoms with van der Waals surface area (Å²) in [5.41, 5.74) is 2.40. The van der Waals surface area contributed by atoms with Crippen molar-refractivity contribution in [3.63, 3.8) is 0 Å². The van der Waals surface area contributed by atoms with Crippen LogP contribution >= 0.6 is 0 Å². The number of aryl methyl sites for hydroxylation is 1. The van der Waals surface area contributed by atoms with Crippen molar-refractivity contribution in [1.29, 1.82) is 0 Å². The third-order valence-corrected chi connectivity index (χ3v) is 2.89. The number of hydrogen-bond acceptors (Lipinski definition) is 2. The molecule has 0 amide bonds. The molecule has 1 aromatic rings. The molecule has 1 rings (SSSR count). The highest BCUT2D eigenvalue weighted by atomic mass is 16.4. The number of anilines is 1. The standard InChI is InChI=1S/C14H21NO2/c1-4-5-12-6-8-13(9-7-12)15(3)10-11(2)14(16)17/h6-9,11H,4-5,10H2,1-3H3,(H,16,17). The Bertz CT molecular complexity index is 359. The molecule has 1 atom stereocenters. The predicted molar refractivity (Wildman–Crippen MR) is 70.5 cm³/mol. The maximum Gasteiger partial charge on any atom is 0.308 e. The van der Waals surface area contributed by atoms with Gasteiger partial charge in [-0.1, -0.05) is 32.4 Å². The molecule has 0 aliphatic rings. The predicted octanol–water partition coefficient (Wildman–Crippen LogP) is 2.80. The van der Waals surface area contributed by atoms with Crippen LogP contribution in [0.25, 0.3) is 0 Å². The zero-order valence-corrected chi connectivity index (χ0v) is 10.8. The van der Waals surface area contributed by atoms with Gasteiger partial charge in [-0.05, 0) is 24.1 Å². The maximum absolute atomic E-state index is 10.8. The van der Waals surface area contributed by atoms with Gasteiger partial charge in [0.25, 0.3) is 0 Å². The summed E-state index contributed by atoms with van der Waals surface area (Å²) in [5.74, 6) is -1.10. The summed E-state index contributed by atoms with van der Waals surface area (Å²) in [6.07, 6.45) is 2.24. The van der Waals surface area contributed by atoms with Gasteiger partial charge in [-0.2, -0.15) is 0 Å². The molecule has 1 N–H and O–H groups in total. The highest BCUT2D eigenvalue weighted by molar-refractivity contribution is 5.70. The molecule has 0 saturated heterocycles. The van der Waals surface area contributed by atoms with E-state index in [1.54, 1.807) is 6.92 Å². The minimum absolute atomic E-state index is 0.352. The molecule has 0 fully saturated rings. The van der Waals surface area contributed by atoms with Crippen LogP contribution in [0.5, 0.6) is 0 Å². The third-order valence-electron chi connectivity index (χ3n) is 2.89. The highest BCUT2D eigenvalue weighted by Crippen LogP contribution is 2.16. The van der Waals surface area contributed by atoms with Crippen LogP contribution < -0.4 is 4.90 Å². The second-order valence-electron chi connectivity index (χ2n) is 4.54. The number of hydrogen-bond donors (Lipinski definition) is 1. The lowest BCUT2D eigenvalue weighted by atomic mass is 10.1. The van der Waals surface area contributed by atoms with Gasteiger partial charge in [-0.3, -0.25) is 4.79 Å². The van der Waals surface area contributed by atoms with Crippen molar-refractivity contribution in [2.24, 2.45) is 5.92 Å². The average Bonchev–Trinajstić information content (AvgIpc) is 2.30. The zero-order chi connectivity index (χ0) is 12.8. The molecule has 94 valence electrons. The van der Waals surface area contributed by atoms with Gasteiger partial charge in [-0.25, -0.2) is 0 Å². The Morgan fingerprint density at radius 3 is 2.41 bits per heavy atom. The van der Waals surface area contributed by atoms with E-state index in [-0.39, 0.29) is 5.92 Å². The van der Waals surface area contributed by atoms with E-state index >= 15 is 0 Å². The Morgan fingerprint density at radius 1 is 1.35 bits per heavy atom. The van der Waals surface area contributed by atoms with Crippen LogP contribution in [-0.2, 0) is 11.2 Å². The van der Waals surface area contributed by atoms with E-state index < -0.39 is 5.97 Å². The number of aliphatic carboxylic acids is 1. The Balaban J connectivity index is 2.63. The number of carboxylic acids is 1. The fourth-order valence-corrected chi connectivity index (χ4v) is 1.80. The van der Waals surface area contributed by atoms with Crippen molar-refractivity contribution in [1.82, 2.24) is 0 Å². The summed E-state index contributed by atoms with van der Waals surface area (Å²) in [6.45, 7) is 4.42. The fourth-order valence-electron chi connectivity index (χ4n) is 1.80. The number of benzene rings is 1. The number of carbonyl (C=O) groups is 1. The third kappa shape index (κ3) is 4.10. The monoisotopic (exact) mass is 235 g/mol. The summed E-state index contributed by atoms with van der Waals surface area (Å²) in [6, 6.07) is 8.33. The summed E-state index contributed by atoms with van der Waals surface area (Å²) >= 11 is 0. The fraction of sp³-hybridized carbons (Fsp3) is 0.500. The van der Waals surface area contributed by atoms with Gasteiger partial charge >= 0.3 is 5.97 Å². The lowest BCUT2D eigenvalue weighted by Gasteiger charge is -2.21. The van der Waals surface area contributed by atoms with E-state index in [1.165, 1.54) is 5.56 Å². The summed E-state index contributed by atoms with van der Waals surface area (Å²) < 4.78 is 0. The highest BCUT2D eigenvalue weighted by Gasteiger charge is 2.13. The number of nitrogens with zero attached hydrogens (tertiary/aromatic N) is 1. The van der Waals surface area contributed by atoms with Crippen LogP contribution in [0.15, 0.2) is 24.3 Å². The molecule has 3 heteroatoms.